The molecule has 6 heteroatoms. The third-order valence-electron chi connectivity index (χ3n) is 6.55. The van der Waals surface area contributed by atoms with Crippen molar-refractivity contribution in [2.45, 2.75) is 50.7 Å². The summed E-state index contributed by atoms with van der Waals surface area (Å²) in [5, 5.41) is 0. The Morgan fingerprint density at radius 2 is 1.96 bits per heavy atom. The summed E-state index contributed by atoms with van der Waals surface area (Å²) in [6.07, 6.45) is 8.03. The highest BCUT2D eigenvalue weighted by Gasteiger charge is 2.41. The van der Waals surface area contributed by atoms with Crippen LogP contribution in [-0.2, 0) is 13.0 Å². The molecule has 2 bridgehead atoms. The van der Waals surface area contributed by atoms with Crippen LogP contribution in [0, 0.1) is 0 Å². The van der Waals surface area contributed by atoms with Gasteiger partial charge in [-0.1, -0.05) is 6.07 Å². The van der Waals surface area contributed by atoms with E-state index in [2.05, 4.69) is 22.1 Å². The fourth-order valence-electron chi connectivity index (χ4n) is 5.06. The van der Waals surface area contributed by atoms with Crippen molar-refractivity contribution in [3.63, 3.8) is 0 Å². The van der Waals surface area contributed by atoms with E-state index in [1.54, 1.807) is 14.2 Å². The van der Waals surface area contributed by atoms with Crippen molar-refractivity contribution in [3.05, 3.63) is 41.2 Å². The van der Waals surface area contributed by atoms with Crippen LogP contribution in [0.5, 0.6) is 11.5 Å². The molecule has 3 aliphatic rings. The monoisotopic (exact) mass is 380 g/mol. The van der Waals surface area contributed by atoms with Crippen molar-refractivity contribution >= 4 is 5.95 Å². The summed E-state index contributed by atoms with van der Waals surface area (Å²) in [5.41, 5.74) is 3.80. The summed E-state index contributed by atoms with van der Waals surface area (Å²) in [6.45, 7) is 3.07. The quantitative estimate of drug-likeness (QED) is 0.793. The van der Waals surface area contributed by atoms with Crippen molar-refractivity contribution in [1.29, 1.82) is 0 Å². The molecular formula is C22H28N4O2. The smallest absolute Gasteiger partial charge is 0.225 e. The Bertz CT molecular complexity index is 866. The first kappa shape index (κ1) is 17.7. The topological polar surface area (TPSA) is 50.7 Å². The van der Waals surface area contributed by atoms with E-state index >= 15 is 0 Å². The molecule has 2 fully saturated rings. The van der Waals surface area contributed by atoms with Crippen LogP contribution < -0.4 is 14.4 Å². The normalized spacial score (nSPS) is 23.7. The van der Waals surface area contributed by atoms with Gasteiger partial charge in [-0.05, 0) is 31.7 Å². The molecule has 148 valence electrons. The van der Waals surface area contributed by atoms with Gasteiger partial charge in [0, 0.05) is 61.5 Å². The maximum absolute atomic E-state index is 5.63. The Kier molecular flexibility index (Phi) is 4.59. The summed E-state index contributed by atoms with van der Waals surface area (Å²) < 4.78 is 11.0. The number of methoxy groups -OCH3 is 2. The summed E-state index contributed by atoms with van der Waals surface area (Å²) >= 11 is 0. The molecule has 0 spiro atoms. The second kappa shape index (κ2) is 7.24. The van der Waals surface area contributed by atoms with Gasteiger partial charge in [-0.2, -0.15) is 0 Å². The molecule has 0 unspecified atom stereocenters. The molecular weight excluding hydrogens is 352 g/mol. The number of fused-ring (bicyclic) bond motifs is 4. The molecule has 2 aromatic rings. The number of hydrogen-bond donors (Lipinski definition) is 0. The van der Waals surface area contributed by atoms with Crippen molar-refractivity contribution in [2.75, 3.05) is 32.2 Å². The van der Waals surface area contributed by atoms with E-state index < -0.39 is 0 Å². The Morgan fingerprint density at radius 3 is 2.75 bits per heavy atom. The molecule has 6 nitrogen and oxygen atoms in total. The van der Waals surface area contributed by atoms with E-state index in [4.69, 9.17) is 19.4 Å². The number of benzene rings is 1. The number of aromatic nitrogens is 2. The van der Waals surface area contributed by atoms with Crippen molar-refractivity contribution < 1.29 is 9.47 Å². The lowest BCUT2D eigenvalue weighted by molar-refractivity contribution is 0.164. The van der Waals surface area contributed by atoms with Crippen LogP contribution in [0.4, 0.5) is 5.95 Å². The molecule has 0 aliphatic carbocycles. The number of nitrogens with zero attached hydrogens (tertiary/aromatic N) is 4. The van der Waals surface area contributed by atoms with Gasteiger partial charge in [0.25, 0.3) is 0 Å². The zero-order valence-corrected chi connectivity index (χ0v) is 16.7. The highest BCUT2D eigenvalue weighted by molar-refractivity contribution is 5.42. The molecule has 28 heavy (non-hydrogen) atoms. The number of ether oxygens (including phenoxy) is 2. The van der Waals surface area contributed by atoms with Crippen LogP contribution in [0.15, 0.2) is 24.4 Å². The number of hydrogen-bond acceptors (Lipinski definition) is 6. The van der Waals surface area contributed by atoms with Gasteiger partial charge in [-0.15, -0.1) is 0 Å². The summed E-state index contributed by atoms with van der Waals surface area (Å²) in [6, 6.07) is 7.07. The Balaban J connectivity index is 1.40. The Hall–Kier alpha value is -2.34. The van der Waals surface area contributed by atoms with E-state index in [-0.39, 0.29) is 0 Å². The molecule has 2 saturated heterocycles. The SMILES string of the molecule is COc1ccc(CN2[C@H]3CC[C@H]2c2cnc(N4CCCC4)nc2C3)c(OC)c1. The molecule has 0 N–H and O–H groups in total. The van der Waals surface area contributed by atoms with E-state index in [0.29, 0.717) is 12.1 Å². The summed E-state index contributed by atoms with van der Waals surface area (Å²) in [4.78, 5) is 14.7. The molecule has 0 radical (unpaired) electrons. The van der Waals surface area contributed by atoms with Crippen molar-refractivity contribution in [2.24, 2.45) is 0 Å². The predicted octanol–water partition coefficient (Wildman–Crippen LogP) is 3.36. The molecule has 5 rings (SSSR count). The average Bonchev–Trinajstić information content (AvgIpc) is 3.36. The van der Waals surface area contributed by atoms with Gasteiger partial charge in [0.2, 0.25) is 5.95 Å². The zero-order valence-electron chi connectivity index (χ0n) is 16.7. The molecule has 4 heterocycles. The molecule has 3 aliphatic heterocycles. The highest BCUT2D eigenvalue weighted by atomic mass is 16.5. The summed E-state index contributed by atoms with van der Waals surface area (Å²) in [5.74, 6) is 2.65. The fourth-order valence-corrected chi connectivity index (χ4v) is 5.06. The summed E-state index contributed by atoms with van der Waals surface area (Å²) in [7, 11) is 3.42. The second-order valence-electron chi connectivity index (χ2n) is 8.07. The standard InChI is InChI=1S/C22H28N4O2/c1-27-17-7-5-15(21(12-17)28-2)14-26-16-6-8-20(26)18-13-23-22(24-19(18)11-16)25-9-3-4-10-25/h5,7,12-13,16,20H,3-4,6,8-11,14H2,1-2H3/t16-,20-/m0/s1. The maximum atomic E-state index is 5.63. The van der Waals surface area contributed by atoms with Gasteiger partial charge in [0.05, 0.1) is 19.9 Å². The van der Waals surface area contributed by atoms with Gasteiger partial charge in [-0.25, -0.2) is 9.97 Å². The lowest BCUT2D eigenvalue weighted by Crippen LogP contribution is -2.38. The van der Waals surface area contributed by atoms with Gasteiger partial charge >= 0.3 is 0 Å². The van der Waals surface area contributed by atoms with Crippen molar-refractivity contribution in [1.82, 2.24) is 14.9 Å². The Morgan fingerprint density at radius 1 is 1.11 bits per heavy atom. The van der Waals surface area contributed by atoms with E-state index in [1.165, 1.54) is 42.5 Å². The van der Waals surface area contributed by atoms with E-state index in [1.807, 2.05) is 12.1 Å². The third kappa shape index (κ3) is 3.00. The van der Waals surface area contributed by atoms with Gasteiger partial charge in [0.15, 0.2) is 0 Å². The molecule has 2 atom stereocenters. The molecule has 0 saturated carbocycles. The van der Waals surface area contributed by atoms with Crippen LogP contribution in [0.3, 0.4) is 0 Å². The lowest BCUT2D eigenvalue weighted by atomic mass is 9.98. The fraction of sp³-hybridized carbons (Fsp3) is 0.545. The predicted molar refractivity (Wildman–Crippen MR) is 108 cm³/mol. The Labute approximate surface area is 166 Å². The molecule has 1 aromatic carbocycles. The average molecular weight is 380 g/mol. The minimum atomic E-state index is 0.410. The largest absolute Gasteiger partial charge is 0.497 e. The van der Waals surface area contributed by atoms with Crippen LogP contribution >= 0.6 is 0 Å². The first-order valence-corrected chi connectivity index (χ1v) is 10.3. The minimum absolute atomic E-state index is 0.410. The maximum Gasteiger partial charge on any atom is 0.225 e. The van der Waals surface area contributed by atoms with Crippen LogP contribution in [0.2, 0.25) is 0 Å². The lowest BCUT2D eigenvalue weighted by Gasteiger charge is -2.36. The molecule has 0 amide bonds. The first-order valence-electron chi connectivity index (χ1n) is 10.3. The first-order chi connectivity index (χ1) is 13.8. The van der Waals surface area contributed by atoms with Gasteiger partial charge < -0.3 is 14.4 Å². The van der Waals surface area contributed by atoms with E-state index in [0.717, 1.165) is 43.5 Å². The van der Waals surface area contributed by atoms with Gasteiger partial charge in [0.1, 0.15) is 11.5 Å². The highest BCUT2D eigenvalue weighted by Crippen LogP contribution is 2.44. The third-order valence-corrected chi connectivity index (χ3v) is 6.55. The van der Waals surface area contributed by atoms with E-state index in [9.17, 15) is 0 Å². The second-order valence-corrected chi connectivity index (χ2v) is 8.07. The van der Waals surface area contributed by atoms with Gasteiger partial charge in [-0.3, -0.25) is 4.90 Å². The number of anilines is 1. The van der Waals surface area contributed by atoms with Crippen LogP contribution in [0.25, 0.3) is 0 Å². The van der Waals surface area contributed by atoms with Crippen molar-refractivity contribution in [3.8, 4) is 11.5 Å². The minimum Gasteiger partial charge on any atom is -0.497 e. The number of rotatable bonds is 5. The molecule has 1 aromatic heterocycles. The van der Waals surface area contributed by atoms with Crippen LogP contribution in [-0.4, -0.2) is 48.2 Å². The zero-order chi connectivity index (χ0) is 19.1. The van der Waals surface area contributed by atoms with Crippen LogP contribution in [0.1, 0.15) is 48.5 Å².